The summed E-state index contributed by atoms with van der Waals surface area (Å²) in [7, 11) is 0. The van der Waals surface area contributed by atoms with Gasteiger partial charge in [0.1, 0.15) is 6.04 Å². The average molecular weight is 529 g/mol. The van der Waals surface area contributed by atoms with Gasteiger partial charge in [-0.15, -0.1) is 0 Å². The Kier molecular flexibility index (Phi) is 7.80. The lowest BCUT2D eigenvalue weighted by Gasteiger charge is -2.33. The van der Waals surface area contributed by atoms with Crippen molar-refractivity contribution >= 4 is 17.8 Å². The molecule has 0 aromatic heterocycles. The highest BCUT2D eigenvalue weighted by molar-refractivity contribution is 6.03. The third kappa shape index (κ3) is 5.39. The summed E-state index contributed by atoms with van der Waals surface area (Å²) in [5.41, 5.74) is 0.152. The van der Waals surface area contributed by atoms with Crippen LogP contribution in [0.5, 0.6) is 0 Å². The minimum atomic E-state index is -4.68. The summed E-state index contributed by atoms with van der Waals surface area (Å²) < 4.78 is 41.6. The number of nitrogens with one attached hydrogen (secondary N) is 2. The lowest BCUT2D eigenvalue weighted by molar-refractivity contribution is -0.139. The molecule has 0 fully saturated rings. The molecular formula is C28H31F3N4O3. The van der Waals surface area contributed by atoms with Gasteiger partial charge in [-0.3, -0.25) is 14.5 Å². The number of amides is 4. The predicted octanol–water partition coefficient (Wildman–Crippen LogP) is 4.62. The predicted molar refractivity (Wildman–Crippen MR) is 135 cm³/mol. The maximum Gasteiger partial charge on any atom is 0.416 e. The second-order valence-corrected chi connectivity index (χ2v) is 9.85. The van der Waals surface area contributed by atoms with Crippen LogP contribution in [0.15, 0.2) is 65.9 Å². The van der Waals surface area contributed by atoms with E-state index in [1.165, 1.54) is 28.0 Å². The molecule has 0 radical (unpaired) electrons. The van der Waals surface area contributed by atoms with Gasteiger partial charge in [0.25, 0.3) is 5.91 Å². The van der Waals surface area contributed by atoms with Crippen LogP contribution >= 0.6 is 0 Å². The first-order chi connectivity index (χ1) is 18.0. The van der Waals surface area contributed by atoms with Gasteiger partial charge in [-0.1, -0.05) is 62.4 Å². The van der Waals surface area contributed by atoms with Gasteiger partial charge < -0.3 is 15.5 Å². The Morgan fingerprint density at radius 1 is 1.08 bits per heavy atom. The number of nitrogens with zero attached hydrogens (tertiary/aromatic N) is 2. The molecule has 0 saturated carbocycles. The highest BCUT2D eigenvalue weighted by atomic mass is 19.4. The molecule has 2 aliphatic heterocycles. The Morgan fingerprint density at radius 3 is 2.37 bits per heavy atom. The number of halogens is 3. The van der Waals surface area contributed by atoms with E-state index in [2.05, 4.69) is 10.6 Å². The van der Waals surface area contributed by atoms with Crippen LogP contribution in [0.4, 0.5) is 18.0 Å². The summed E-state index contributed by atoms with van der Waals surface area (Å²) in [6.45, 7) is 6.02. The first-order valence-corrected chi connectivity index (χ1v) is 12.6. The van der Waals surface area contributed by atoms with Crippen molar-refractivity contribution in [1.29, 1.82) is 0 Å². The van der Waals surface area contributed by atoms with Crippen molar-refractivity contribution in [2.45, 2.75) is 52.0 Å². The highest BCUT2D eigenvalue weighted by Crippen LogP contribution is 2.42. The van der Waals surface area contributed by atoms with Gasteiger partial charge in [0.2, 0.25) is 5.91 Å². The summed E-state index contributed by atoms with van der Waals surface area (Å²) in [5, 5.41) is 5.50. The van der Waals surface area contributed by atoms with E-state index in [0.29, 0.717) is 12.1 Å². The largest absolute Gasteiger partial charge is 0.416 e. The van der Waals surface area contributed by atoms with Gasteiger partial charge in [0.05, 0.1) is 29.4 Å². The number of rotatable bonds is 8. The summed E-state index contributed by atoms with van der Waals surface area (Å²) in [6.07, 6.45) is -4.33. The third-order valence-electron chi connectivity index (χ3n) is 6.83. The molecule has 7 nitrogen and oxygen atoms in total. The zero-order valence-electron chi connectivity index (χ0n) is 21.5. The van der Waals surface area contributed by atoms with Crippen LogP contribution in [-0.4, -0.2) is 46.8 Å². The van der Waals surface area contributed by atoms with Gasteiger partial charge in [-0.2, -0.15) is 13.2 Å². The maximum atomic E-state index is 13.9. The number of hydrogen-bond acceptors (Lipinski definition) is 3. The first-order valence-electron chi connectivity index (χ1n) is 12.6. The second-order valence-electron chi connectivity index (χ2n) is 9.85. The Balaban J connectivity index is 1.69. The molecular weight excluding hydrogens is 497 g/mol. The van der Waals surface area contributed by atoms with E-state index in [9.17, 15) is 27.6 Å². The fourth-order valence-electron chi connectivity index (χ4n) is 5.06. The topological polar surface area (TPSA) is 81.8 Å². The Morgan fingerprint density at radius 2 is 1.74 bits per heavy atom. The van der Waals surface area contributed by atoms with Crippen molar-refractivity contribution < 1.29 is 27.6 Å². The minimum Gasteiger partial charge on any atom is -0.350 e. The zero-order valence-corrected chi connectivity index (χ0v) is 21.5. The number of benzene rings is 2. The number of urea groups is 1. The molecule has 2 aliphatic rings. The lowest BCUT2D eigenvalue weighted by atomic mass is 9.91. The monoisotopic (exact) mass is 528 g/mol. The van der Waals surface area contributed by atoms with Crippen LogP contribution in [0.2, 0.25) is 0 Å². The van der Waals surface area contributed by atoms with Crippen molar-refractivity contribution in [3.8, 4) is 0 Å². The summed E-state index contributed by atoms with van der Waals surface area (Å²) >= 11 is 0. The number of carbonyl (C=O) groups excluding carboxylic acids is 3. The minimum absolute atomic E-state index is 0.0454. The summed E-state index contributed by atoms with van der Waals surface area (Å²) in [5.74, 6) is -0.858. The molecule has 0 aliphatic carbocycles. The Hall–Kier alpha value is -3.82. The van der Waals surface area contributed by atoms with Crippen molar-refractivity contribution in [3.63, 3.8) is 0 Å². The van der Waals surface area contributed by atoms with Crippen LogP contribution in [0, 0.1) is 5.92 Å². The zero-order chi connectivity index (χ0) is 27.6. The Labute approximate surface area is 219 Å². The highest BCUT2D eigenvalue weighted by Gasteiger charge is 2.48. The Bertz CT molecular complexity index is 1240. The normalized spacial score (nSPS) is 18.6. The molecule has 2 aromatic rings. The molecule has 0 saturated heterocycles. The van der Waals surface area contributed by atoms with Gasteiger partial charge in [-0.05, 0) is 36.5 Å². The number of hydrogen-bond donors (Lipinski definition) is 2. The van der Waals surface area contributed by atoms with Crippen molar-refractivity contribution in [2.24, 2.45) is 5.92 Å². The van der Waals surface area contributed by atoms with Gasteiger partial charge >= 0.3 is 12.2 Å². The molecule has 4 rings (SSSR count). The summed E-state index contributed by atoms with van der Waals surface area (Å²) in [4.78, 5) is 43.0. The molecule has 202 valence electrons. The second kappa shape index (κ2) is 10.9. The standard InChI is InChI=1S/C28H31F3N4O3/c1-4-34-22-16-35(21(14-17(2)3)25(36)32-15-18-10-6-5-7-11-18)26(37)23(22)24(33-27(34)38)19-12-8-9-13-20(19)28(29,30)31/h5-13,17,21,24H,4,14-16H2,1-3H3,(H,32,36)(H,33,38)/t21-,24-/m0/s1. The van der Waals surface area contributed by atoms with Crippen molar-refractivity contribution in [1.82, 2.24) is 20.4 Å². The van der Waals surface area contributed by atoms with E-state index in [-0.39, 0.29) is 42.6 Å². The van der Waals surface area contributed by atoms with Crippen molar-refractivity contribution in [3.05, 3.63) is 82.6 Å². The SMILES string of the molecule is CCN1C(=O)N[C@@H](c2ccccc2C(F)(F)F)C2=C1CN([C@@H](CC(C)C)C(=O)NCc1ccccc1)C2=O. The average Bonchev–Trinajstić information content (AvgIpc) is 3.22. The quantitative estimate of drug-likeness (QED) is 0.525. The van der Waals surface area contributed by atoms with Crippen LogP contribution in [-0.2, 0) is 22.3 Å². The maximum absolute atomic E-state index is 13.9. The molecule has 2 aromatic carbocycles. The lowest BCUT2D eigenvalue weighted by Crippen LogP contribution is -2.49. The fourth-order valence-corrected chi connectivity index (χ4v) is 5.06. The van der Waals surface area contributed by atoms with E-state index in [1.54, 1.807) is 6.92 Å². The van der Waals surface area contributed by atoms with Gasteiger partial charge in [0.15, 0.2) is 0 Å². The molecule has 10 heteroatoms. The van der Waals surface area contributed by atoms with Gasteiger partial charge in [-0.25, -0.2) is 4.79 Å². The van der Waals surface area contributed by atoms with Gasteiger partial charge in [0, 0.05) is 13.1 Å². The number of alkyl halides is 3. The first kappa shape index (κ1) is 27.2. The fraction of sp³-hybridized carbons (Fsp3) is 0.393. The smallest absolute Gasteiger partial charge is 0.350 e. The van der Waals surface area contributed by atoms with E-state index in [0.717, 1.165) is 11.6 Å². The van der Waals surface area contributed by atoms with E-state index in [4.69, 9.17) is 0 Å². The van der Waals surface area contributed by atoms with E-state index in [1.807, 2.05) is 44.2 Å². The summed E-state index contributed by atoms with van der Waals surface area (Å²) in [6, 6.07) is 11.5. The van der Waals surface area contributed by atoms with E-state index >= 15 is 0 Å². The molecule has 38 heavy (non-hydrogen) atoms. The molecule has 0 unspecified atom stereocenters. The van der Waals surface area contributed by atoms with Crippen LogP contribution in [0.25, 0.3) is 0 Å². The molecule has 4 amide bonds. The van der Waals surface area contributed by atoms with Crippen molar-refractivity contribution in [2.75, 3.05) is 13.1 Å². The van der Waals surface area contributed by atoms with Crippen LogP contribution in [0.1, 0.15) is 49.9 Å². The van der Waals surface area contributed by atoms with Crippen LogP contribution < -0.4 is 10.6 Å². The molecule has 2 N–H and O–H groups in total. The molecule has 0 spiro atoms. The molecule has 2 atom stereocenters. The van der Waals surface area contributed by atoms with Crippen LogP contribution in [0.3, 0.4) is 0 Å². The number of likely N-dealkylation sites (N-methyl/N-ethyl adjacent to an activating group) is 1. The third-order valence-corrected chi connectivity index (χ3v) is 6.83. The molecule has 2 heterocycles. The van der Waals surface area contributed by atoms with E-state index < -0.39 is 35.8 Å². The number of carbonyl (C=O) groups is 3. The molecule has 0 bridgehead atoms.